The van der Waals surface area contributed by atoms with Gasteiger partial charge in [0.1, 0.15) is 11.5 Å². The summed E-state index contributed by atoms with van der Waals surface area (Å²) in [6.45, 7) is 4.90. The molecular formula is C21H24N2O2S. The van der Waals surface area contributed by atoms with Crippen molar-refractivity contribution in [2.75, 3.05) is 13.6 Å². The first-order valence-electron chi connectivity index (χ1n) is 8.64. The van der Waals surface area contributed by atoms with Gasteiger partial charge < -0.3 is 9.73 Å². The maximum atomic E-state index is 12.6. The van der Waals surface area contributed by atoms with Gasteiger partial charge in [-0.3, -0.25) is 9.69 Å². The maximum absolute atomic E-state index is 12.6. The van der Waals surface area contributed by atoms with Crippen LogP contribution < -0.4 is 5.32 Å². The smallest absolute Gasteiger partial charge is 0.234 e. The van der Waals surface area contributed by atoms with Gasteiger partial charge in [0.05, 0.1) is 19.1 Å². The number of amides is 1. The molecule has 1 unspecified atom stereocenters. The van der Waals surface area contributed by atoms with E-state index in [0.717, 1.165) is 22.0 Å². The van der Waals surface area contributed by atoms with Crippen LogP contribution in [0.1, 0.15) is 33.6 Å². The number of likely N-dealkylation sites (N-methyl/N-ethyl adjacent to an activating group) is 1. The number of aryl methyl sites for hydroxylation is 2. The third kappa shape index (κ3) is 4.84. The molecule has 0 aliphatic carbocycles. The molecule has 2 heterocycles. The monoisotopic (exact) mass is 368 g/mol. The highest BCUT2D eigenvalue weighted by Gasteiger charge is 2.19. The minimum absolute atomic E-state index is 0.00486. The van der Waals surface area contributed by atoms with Crippen molar-refractivity contribution in [1.82, 2.24) is 10.2 Å². The molecule has 0 aliphatic heterocycles. The second-order valence-corrected chi connectivity index (χ2v) is 7.59. The van der Waals surface area contributed by atoms with E-state index in [4.69, 9.17) is 4.42 Å². The van der Waals surface area contributed by atoms with Crippen LogP contribution in [0.15, 0.2) is 58.3 Å². The van der Waals surface area contributed by atoms with Gasteiger partial charge in [-0.1, -0.05) is 35.9 Å². The lowest BCUT2D eigenvalue weighted by molar-refractivity contribution is -0.122. The molecule has 0 fully saturated rings. The van der Waals surface area contributed by atoms with E-state index in [0.29, 0.717) is 13.1 Å². The zero-order chi connectivity index (χ0) is 18.5. The molecule has 5 heteroatoms. The van der Waals surface area contributed by atoms with E-state index in [1.807, 2.05) is 42.5 Å². The van der Waals surface area contributed by atoms with Gasteiger partial charge in [0.2, 0.25) is 5.91 Å². The summed E-state index contributed by atoms with van der Waals surface area (Å²) in [4.78, 5) is 15.7. The fraction of sp³-hybridized carbons (Fsp3) is 0.286. The molecule has 4 nitrogen and oxygen atoms in total. The van der Waals surface area contributed by atoms with Crippen LogP contribution in [0.2, 0.25) is 0 Å². The number of furan rings is 1. The van der Waals surface area contributed by atoms with Gasteiger partial charge in [0.15, 0.2) is 0 Å². The number of hydrogen-bond donors (Lipinski definition) is 1. The molecule has 0 radical (unpaired) electrons. The van der Waals surface area contributed by atoms with Crippen LogP contribution in [0.5, 0.6) is 0 Å². The first-order chi connectivity index (χ1) is 12.5. The first-order valence-corrected chi connectivity index (χ1v) is 9.52. The molecule has 1 amide bonds. The number of thiophene rings is 1. The lowest BCUT2D eigenvalue weighted by Crippen LogP contribution is -2.37. The third-order valence-corrected chi connectivity index (χ3v) is 5.12. The molecule has 1 N–H and O–H groups in total. The highest BCUT2D eigenvalue weighted by Crippen LogP contribution is 2.26. The zero-order valence-electron chi connectivity index (χ0n) is 15.4. The largest absolute Gasteiger partial charge is 0.465 e. The lowest BCUT2D eigenvalue weighted by atomic mass is 10.0. The average Bonchev–Trinajstić information content (AvgIpc) is 3.25. The second-order valence-electron chi connectivity index (χ2n) is 6.61. The molecule has 2 aromatic heterocycles. The van der Waals surface area contributed by atoms with Crippen molar-refractivity contribution in [2.45, 2.75) is 26.4 Å². The molecule has 1 atom stereocenters. The van der Waals surface area contributed by atoms with Crippen LogP contribution >= 0.6 is 11.3 Å². The van der Waals surface area contributed by atoms with Crippen LogP contribution in [-0.4, -0.2) is 24.4 Å². The number of hydrogen-bond acceptors (Lipinski definition) is 4. The number of nitrogens with zero attached hydrogens (tertiary/aromatic N) is 1. The summed E-state index contributed by atoms with van der Waals surface area (Å²) in [6.07, 6.45) is 0. The molecular weight excluding hydrogens is 344 g/mol. The quantitative estimate of drug-likeness (QED) is 0.676. The van der Waals surface area contributed by atoms with Gasteiger partial charge >= 0.3 is 0 Å². The first kappa shape index (κ1) is 18.4. The Kier molecular flexibility index (Phi) is 5.91. The fourth-order valence-corrected chi connectivity index (χ4v) is 3.68. The predicted octanol–water partition coefficient (Wildman–Crippen LogP) is 4.30. The lowest BCUT2D eigenvalue weighted by Gasteiger charge is -2.21. The van der Waals surface area contributed by atoms with Crippen molar-refractivity contribution in [3.05, 3.63) is 81.4 Å². The summed E-state index contributed by atoms with van der Waals surface area (Å²) < 4.78 is 5.58. The number of rotatable bonds is 7. The van der Waals surface area contributed by atoms with Gasteiger partial charge in [0.25, 0.3) is 0 Å². The highest BCUT2D eigenvalue weighted by atomic mass is 32.1. The van der Waals surface area contributed by atoms with Gasteiger partial charge in [-0.25, -0.2) is 0 Å². The normalized spacial score (nSPS) is 12.3. The molecule has 136 valence electrons. The molecule has 1 aromatic carbocycles. The third-order valence-electron chi connectivity index (χ3n) is 4.18. The van der Waals surface area contributed by atoms with E-state index < -0.39 is 0 Å². The van der Waals surface area contributed by atoms with Crippen molar-refractivity contribution in [3.63, 3.8) is 0 Å². The number of carbonyl (C=O) groups excluding carboxylic acids is 1. The Hall–Kier alpha value is -2.37. The van der Waals surface area contributed by atoms with E-state index in [1.165, 1.54) is 5.56 Å². The van der Waals surface area contributed by atoms with Crippen LogP contribution in [0, 0.1) is 13.8 Å². The van der Waals surface area contributed by atoms with E-state index in [9.17, 15) is 4.79 Å². The minimum atomic E-state index is -0.123. The Bertz CT molecular complexity index is 837. The summed E-state index contributed by atoms with van der Waals surface area (Å²) in [7, 11) is 1.92. The van der Waals surface area contributed by atoms with E-state index in [-0.39, 0.29) is 11.9 Å². The van der Waals surface area contributed by atoms with Crippen molar-refractivity contribution >= 4 is 17.2 Å². The van der Waals surface area contributed by atoms with Crippen LogP contribution in [0.3, 0.4) is 0 Å². The number of nitrogens with one attached hydrogen (secondary N) is 1. The highest BCUT2D eigenvalue weighted by molar-refractivity contribution is 7.10. The standard InChI is InChI=1S/C21H24N2O2S/c1-15-6-9-17(10-7-15)21(19-5-4-12-26-19)22-20(24)14-23(3)13-18-11-8-16(2)25-18/h4-12,21H,13-14H2,1-3H3,(H,22,24). The minimum Gasteiger partial charge on any atom is -0.465 e. The van der Waals surface area contributed by atoms with Crippen molar-refractivity contribution in [3.8, 4) is 0 Å². The average molecular weight is 369 g/mol. The topological polar surface area (TPSA) is 45.5 Å². The Morgan fingerprint density at radius 2 is 1.92 bits per heavy atom. The molecule has 0 bridgehead atoms. The molecule has 3 aromatic rings. The van der Waals surface area contributed by atoms with Gasteiger partial charge in [-0.2, -0.15) is 0 Å². The number of carbonyl (C=O) groups is 1. The van der Waals surface area contributed by atoms with Gasteiger partial charge in [-0.15, -0.1) is 11.3 Å². The summed E-state index contributed by atoms with van der Waals surface area (Å²) >= 11 is 1.65. The maximum Gasteiger partial charge on any atom is 0.234 e. The predicted molar refractivity (Wildman–Crippen MR) is 105 cm³/mol. The Morgan fingerprint density at radius 1 is 1.15 bits per heavy atom. The Balaban J connectivity index is 1.66. The van der Waals surface area contributed by atoms with Crippen LogP contribution in [0.4, 0.5) is 0 Å². The number of benzene rings is 1. The van der Waals surface area contributed by atoms with Crippen molar-refractivity contribution < 1.29 is 9.21 Å². The van der Waals surface area contributed by atoms with Crippen LogP contribution in [0.25, 0.3) is 0 Å². The summed E-state index contributed by atoms with van der Waals surface area (Å²) in [5.74, 6) is 1.75. The zero-order valence-corrected chi connectivity index (χ0v) is 16.2. The molecule has 26 heavy (non-hydrogen) atoms. The fourth-order valence-electron chi connectivity index (χ4n) is 2.88. The molecule has 0 saturated carbocycles. The Labute approximate surface area is 158 Å². The SMILES string of the molecule is Cc1ccc(C(NC(=O)CN(C)Cc2ccc(C)o2)c2cccs2)cc1. The Morgan fingerprint density at radius 3 is 2.54 bits per heavy atom. The van der Waals surface area contributed by atoms with Crippen LogP contribution in [-0.2, 0) is 11.3 Å². The summed E-state index contributed by atoms with van der Waals surface area (Å²) in [5, 5.41) is 5.21. The molecule has 0 spiro atoms. The molecule has 0 aliphatic rings. The van der Waals surface area contributed by atoms with E-state index in [1.54, 1.807) is 11.3 Å². The molecule has 0 saturated heterocycles. The van der Waals surface area contributed by atoms with E-state index >= 15 is 0 Å². The van der Waals surface area contributed by atoms with E-state index in [2.05, 4.69) is 42.6 Å². The summed E-state index contributed by atoms with van der Waals surface area (Å²) in [6, 6.07) is 16.1. The van der Waals surface area contributed by atoms with Crippen molar-refractivity contribution in [2.24, 2.45) is 0 Å². The molecule has 3 rings (SSSR count). The van der Waals surface area contributed by atoms with Gasteiger partial charge in [0, 0.05) is 4.88 Å². The van der Waals surface area contributed by atoms with Crippen molar-refractivity contribution in [1.29, 1.82) is 0 Å². The van der Waals surface area contributed by atoms with Gasteiger partial charge in [-0.05, 0) is 50.0 Å². The second kappa shape index (κ2) is 8.34. The summed E-state index contributed by atoms with van der Waals surface area (Å²) in [5.41, 5.74) is 2.30.